The van der Waals surface area contributed by atoms with E-state index < -0.39 is 5.97 Å². The van der Waals surface area contributed by atoms with Crippen LogP contribution in [-0.4, -0.2) is 19.0 Å². The number of fused-ring (bicyclic) bond motifs is 3. The molecule has 0 saturated heterocycles. The highest BCUT2D eigenvalue weighted by Gasteiger charge is 2.37. The minimum absolute atomic E-state index is 0.0190. The van der Waals surface area contributed by atoms with Gasteiger partial charge in [-0.3, -0.25) is 4.79 Å². The Balaban J connectivity index is 1.28. The third kappa shape index (κ3) is 4.60. The number of rotatable bonds is 6. The van der Waals surface area contributed by atoms with Crippen LogP contribution in [0.5, 0.6) is 11.5 Å². The van der Waals surface area contributed by atoms with Crippen molar-refractivity contribution in [2.45, 2.75) is 52.6 Å². The number of nitrogens with one attached hydrogen (secondary N) is 2. The van der Waals surface area contributed by atoms with Crippen molar-refractivity contribution >= 4 is 28.2 Å². The van der Waals surface area contributed by atoms with Crippen LogP contribution < -0.4 is 20.1 Å². The van der Waals surface area contributed by atoms with Crippen LogP contribution in [0.25, 0.3) is 0 Å². The van der Waals surface area contributed by atoms with Crippen molar-refractivity contribution in [3.8, 4) is 11.5 Å². The van der Waals surface area contributed by atoms with E-state index in [4.69, 9.17) is 9.47 Å². The molecule has 6 nitrogen and oxygen atoms in total. The molecule has 2 unspecified atom stereocenters. The minimum Gasteiger partial charge on any atom is -0.497 e. The minimum atomic E-state index is -0.437. The summed E-state index contributed by atoms with van der Waals surface area (Å²) in [6.07, 6.45) is 3.96. The van der Waals surface area contributed by atoms with Gasteiger partial charge in [0.05, 0.1) is 18.2 Å². The fourth-order valence-corrected chi connectivity index (χ4v) is 6.39. The molecule has 2 aromatic carbocycles. The van der Waals surface area contributed by atoms with Gasteiger partial charge in [0.1, 0.15) is 22.7 Å². The monoisotopic (exact) mass is 504 g/mol. The molecule has 2 aliphatic rings. The number of methoxy groups -OCH3 is 1. The molecule has 3 aromatic rings. The number of esters is 1. The quantitative estimate of drug-likeness (QED) is 0.301. The van der Waals surface area contributed by atoms with Crippen molar-refractivity contribution in [3.63, 3.8) is 0 Å². The van der Waals surface area contributed by atoms with Crippen molar-refractivity contribution in [1.82, 2.24) is 5.32 Å². The summed E-state index contributed by atoms with van der Waals surface area (Å²) in [4.78, 5) is 26.9. The molecule has 7 heteroatoms. The lowest BCUT2D eigenvalue weighted by Gasteiger charge is -2.36. The molecule has 1 amide bonds. The molecule has 5 rings (SSSR count). The zero-order valence-electron chi connectivity index (χ0n) is 21.1. The van der Waals surface area contributed by atoms with Crippen LogP contribution in [0.2, 0.25) is 0 Å². The Hall–Kier alpha value is -3.32. The number of thiophene rings is 1. The first-order valence-corrected chi connectivity index (χ1v) is 13.3. The van der Waals surface area contributed by atoms with Gasteiger partial charge in [0.2, 0.25) is 0 Å². The number of amides is 1. The molecule has 0 saturated carbocycles. The van der Waals surface area contributed by atoms with Crippen molar-refractivity contribution in [3.05, 3.63) is 75.7 Å². The summed E-state index contributed by atoms with van der Waals surface area (Å²) in [7, 11) is 1.58. The Labute approximate surface area is 216 Å². The molecule has 2 heterocycles. The summed E-state index contributed by atoms with van der Waals surface area (Å²) in [5, 5.41) is 7.60. The van der Waals surface area contributed by atoms with E-state index in [1.54, 1.807) is 54.8 Å². The number of anilines is 1. The molecule has 2 atom stereocenters. The van der Waals surface area contributed by atoms with Crippen LogP contribution in [0, 0.1) is 11.3 Å². The van der Waals surface area contributed by atoms with Crippen molar-refractivity contribution < 1.29 is 19.1 Å². The lowest BCUT2D eigenvalue weighted by Crippen LogP contribution is -2.38. The van der Waals surface area contributed by atoms with E-state index in [9.17, 15) is 9.59 Å². The van der Waals surface area contributed by atoms with Gasteiger partial charge >= 0.3 is 5.97 Å². The summed E-state index contributed by atoms with van der Waals surface area (Å²) < 4.78 is 10.6. The van der Waals surface area contributed by atoms with Gasteiger partial charge in [0, 0.05) is 4.88 Å². The van der Waals surface area contributed by atoms with Crippen LogP contribution >= 0.6 is 11.3 Å². The molecular formula is C29H32N2O4S. The second kappa shape index (κ2) is 9.62. The molecule has 2 N–H and O–H groups in total. The number of hydrogen-bond donors (Lipinski definition) is 2. The number of carbonyl (C=O) groups excluding carboxylic acids is 2. The third-order valence-electron chi connectivity index (χ3n) is 7.81. The molecule has 1 aromatic heterocycles. The van der Waals surface area contributed by atoms with E-state index in [-0.39, 0.29) is 12.1 Å². The highest BCUT2D eigenvalue weighted by atomic mass is 32.1. The lowest BCUT2D eigenvalue weighted by molar-refractivity contribution is 0.0734. The molecule has 1 aliphatic heterocycles. The predicted octanol–water partition coefficient (Wildman–Crippen LogP) is 6.37. The van der Waals surface area contributed by atoms with Crippen LogP contribution in [-0.2, 0) is 12.8 Å². The largest absolute Gasteiger partial charge is 0.497 e. The van der Waals surface area contributed by atoms with E-state index in [2.05, 4.69) is 31.4 Å². The number of hydrogen-bond acceptors (Lipinski definition) is 6. The van der Waals surface area contributed by atoms with E-state index >= 15 is 0 Å². The van der Waals surface area contributed by atoms with Gasteiger partial charge in [-0.05, 0) is 78.1 Å². The van der Waals surface area contributed by atoms with E-state index in [0.717, 1.165) is 41.8 Å². The number of benzene rings is 2. The Bertz CT molecular complexity index is 1280. The molecule has 0 radical (unpaired) electrons. The molecular weight excluding hydrogens is 472 g/mol. The zero-order chi connectivity index (χ0) is 25.4. The van der Waals surface area contributed by atoms with Gasteiger partial charge in [0.25, 0.3) is 5.91 Å². The third-order valence-corrected chi connectivity index (χ3v) is 8.99. The van der Waals surface area contributed by atoms with E-state index in [1.165, 1.54) is 10.4 Å². The zero-order valence-corrected chi connectivity index (χ0v) is 22.0. The summed E-state index contributed by atoms with van der Waals surface area (Å²) in [6, 6.07) is 14.0. The normalized spacial score (nSPS) is 18.9. The summed E-state index contributed by atoms with van der Waals surface area (Å²) in [5.74, 6) is 1.31. The molecule has 0 fully saturated rings. The van der Waals surface area contributed by atoms with Crippen LogP contribution in [0.1, 0.15) is 76.5 Å². The van der Waals surface area contributed by atoms with Gasteiger partial charge in [0.15, 0.2) is 0 Å². The first kappa shape index (κ1) is 24.4. The highest BCUT2D eigenvalue weighted by Crippen LogP contribution is 2.47. The van der Waals surface area contributed by atoms with Gasteiger partial charge in [-0.25, -0.2) is 4.79 Å². The van der Waals surface area contributed by atoms with Crippen LogP contribution in [0.15, 0.2) is 48.5 Å². The van der Waals surface area contributed by atoms with Crippen molar-refractivity contribution in [2.24, 2.45) is 11.3 Å². The SMILES string of the molecule is CCC(C)(C)C1CCc2c(sc3c2C(=O)NC(c2ccc(OC(=O)c4ccc(OC)cc4)cc2)N3)C1. The van der Waals surface area contributed by atoms with Gasteiger partial charge in [-0.1, -0.05) is 39.3 Å². The van der Waals surface area contributed by atoms with Crippen molar-refractivity contribution in [1.29, 1.82) is 0 Å². The van der Waals surface area contributed by atoms with Crippen LogP contribution in [0.4, 0.5) is 5.00 Å². The fourth-order valence-electron chi connectivity index (χ4n) is 5.04. The summed E-state index contributed by atoms with van der Waals surface area (Å²) in [6.45, 7) is 6.98. The van der Waals surface area contributed by atoms with Crippen LogP contribution in [0.3, 0.4) is 0 Å². The van der Waals surface area contributed by atoms with Gasteiger partial charge < -0.3 is 20.1 Å². The second-order valence-electron chi connectivity index (χ2n) is 10.2. The predicted molar refractivity (Wildman–Crippen MR) is 142 cm³/mol. The second-order valence-corrected chi connectivity index (χ2v) is 11.3. The fraction of sp³-hybridized carbons (Fsp3) is 0.379. The maximum atomic E-state index is 13.1. The Morgan fingerprint density at radius 1 is 1.06 bits per heavy atom. The topological polar surface area (TPSA) is 76.7 Å². The Kier molecular flexibility index (Phi) is 6.51. The molecule has 0 spiro atoms. The standard InChI is InChI=1S/C29H32N2O4S/c1-5-29(2,3)19-10-15-22-23(16-19)36-27-24(22)26(32)30-25(31-27)17-6-13-21(14-7-17)35-28(33)18-8-11-20(34-4)12-9-18/h6-9,11-14,19,25,31H,5,10,15-16H2,1-4H3,(H,30,32). The molecule has 188 valence electrons. The van der Waals surface area contributed by atoms with Crippen molar-refractivity contribution in [2.75, 3.05) is 12.4 Å². The van der Waals surface area contributed by atoms with E-state index in [0.29, 0.717) is 28.4 Å². The Morgan fingerprint density at radius 2 is 1.75 bits per heavy atom. The maximum absolute atomic E-state index is 13.1. The van der Waals surface area contributed by atoms with E-state index in [1.807, 2.05) is 12.1 Å². The van der Waals surface area contributed by atoms with Gasteiger partial charge in [-0.15, -0.1) is 11.3 Å². The number of ether oxygens (including phenoxy) is 2. The number of carbonyl (C=O) groups is 2. The highest BCUT2D eigenvalue weighted by molar-refractivity contribution is 7.16. The summed E-state index contributed by atoms with van der Waals surface area (Å²) in [5.41, 5.74) is 3.69. The average Bonchev–Trinajstić information content (AvgIpc) is 3.27. The molecule has 0 bridgehead atoms. The average molecular weight is 505 g/mol. The first-order valence-electron chi connectivity index (χ1n) is 12.5. The lowest BCUT2D eigenvalue weighted by atomic mass is 9.69. The maximum Gasteiger partial charge on any atom is 0.343 e. The smallest absolute Gasteiger partial charge is 0.343 e. The molecule has 1 aliphatic carbocycles. The summed E-state index contributed by atoms with van der Waals surface area (Å²) >= 11 is 1.73. The molecule has 36 heavy (non-hydrogen) atoms. The Morgan fingerprint density at radius 3 is 2.42 bits per heavy atom. The first-order chi connectivity index (χ1) is 17.3. The van der Waals surface area contributed by atoms with Gasteiger partial charge in [-0.2, -0.15) is 0 Å².